The number of carbonyl (C=O) groups excluding carboxylic acids is 1. The van der Waals surface area contributed by atoms with E-state index in [0.29, 0.717) is 5.02 Å². The van der Waals surface area contributed by atoms with Crippen molar-refractivity contribution in [2.75, 3.05) is 25.5 Å². The van der Waals surface area contributed by atoms with Crippen molar-refractivity contribution in [3.8, 4) is 5.75 Å². The Morgan fingerprint density at radius 2 is 1.79 bits per heavy atom. The molecule has 0 radical (unpaired) electrons. The summed E-state index contributed by atoms with van der Waals surface area (Å²) in [6.45, 7) is 1.18. The maximum absolute atomic E-state index is 13.0. The molecule has 6 nitrogen and oxygen atoms in total. The summed E-state index contributed by atoms with van der Waals surface area (Å²) in [5, 5.41) is 2.63. The minimum Gasteiger partial charge on any atom is -0.492 e. The van der Waals surface area contributed by atoms with Gasteiger partial charge >= 0.3 is 6.18 Å². The van der Waals surface area contributed by atoms with Gasteiger partial charge in [0.25, 0.3) is 0 Å². The number of likely N-dealkylation sites (N-methyl/N-ethyl adjacent to an activating group) is 1. The zero-order chi connectivity index (χ0) is 21.8. The molecule has 1 N–H and O–H groups in total. The van der Waals surface area contributed by atoms with E-state index in [0.717, 1.165) is 22.5 Å². The molecule has 29 heavy (non-hydrogen) atoms. The number of nitrogens with zero attached hydrogens (tertiary/aromatic N) is 1. The van der Waals surface area contributed by atoms with Crippen LogP contribution in [-0.2, 0) is 21.0 Å². The molecule has 1 amide bonds. The Bertz CT molecular complexity index is 980. The van der Waals surface area contributed by atoms with Gasteiger partial charge < -0.3 is 10.1 Å². The predicted octanol–water partition coefficient (Wildman–Crippen LogP) is 4.02. The number of ether oxygens (including phenoxy) is 1. The molecule has 11 heteroatoms. The third-order valence-corrected chi connectivity index (χ3v) is 5.84. The largest absolute Gasteiger partial charge is 0.492 e. The van der Waals surface area contributed by atoms with Gasteiger partial charge in [0.2, 0.25) is 15.9 Å². The summed E-state index contributed by atoms with van der Waals surface area (Å²) in [6.07, 6.45) is -4.61. The Hall–Kier alpha value is -2.30. The third-order valence-electron chi connectivity index (χ3n) is 3.77. The normalized spacial score (nSPS) is 12.1. The molecule has 0 aliphatic carbocycles. The van der Waals surface area contributed by atoms with Gasteiger partial charge in [0, 0.05) is 12.1 Å². The summed E-state index contributed by atoms with van der Waals surface area (Å²) < 4.78 is 69.9. The van der Waals surface area contributed by atoms with E-state index in [2.05, 4.69) is 5.32 Å². The molecular formula is C18H18ClF3N2O4S. The number of benzene rings is 2. The number of sulfonamides is 1. The van der Waals surface area contributed by atoms with Gasteiger partial charge in [0.1, 0.15) is 5.75 Å². The number of amides is 1. The van der Waals surface area contributed by atoms with Gasteiger partial charge in [-0.25, -0.2) is 8.42 Å². The Morgan fingerprint density at radius 3 is 2.34 bits per heavy atom. The van der Waals surface area contributed by atoms with Gasteiger partial charge in [-0.1, -0.05) is 11.6 Å². The van der Waals surface area contributed by atoms with E-state index in [-0.39, 0.29) is 22.9 Å². The molecule has 0 saturated heterocycles. The number of anilines is 1. The molecule has 2 aromatic rings. The molecule has 0 heterocycles. The SMILES string of the molecule is CCOc1ccc(C(F)(F)F)cc1NC(=O)CN(C)S(=O)(=O)c1ccc(Cl)cc1. The van der Waals surface area contributed by atoms with Crippen LogP contribution in [0.1, 0.15) is 12.5 Å². The summed E-state index contributed by atoms with van der Waals surface area (Å²) in [6, 6.07) is 8.00. The average Bonchev–Trinajstić information content (AvgIpc) is 2.62. The van der Waals surface area contributed by atoms with E-state index in [1.807, 2.05) is 0 Å². The van der Waals surface area contributed by atoms with E-state index < -0.39 is 34.2 Å². The first-order chi connectivity index (χ1) is 13.4. The summed E-state index contributed by atoms with van der Waals surface area (Å²) in [5.41, 5.74) is -1.18. The van der Waals surface area contributed by atoms with Crippen LogP contribution in [0.2, 0.25) is 5.02 Å². The second-order valence-corrected chi connectivity index (χ2v) is 8.39. The van der Waals surface area contributed by atoms with Gasteiger partial charge in [-0.3, -0.25) is 4.79 Å². The molecule has 0 fully saturated rings. The smallest absolute Gasteiger partial charge is 0.416 e. The van der Waals surface area contributed by atoms with E-state index in [4.69, 9.17) is 16.3 Å². The van der Waals surface area contributed by atoms with Crippen molar-refractivity contribution >= 4 is 33.2 Å². The first-order valence-electron chi connectivity index (χ1n) is 8.31. The van der Waals surface area contributed by atoms with Crippen LogP contribution in [0.4, 0.5) is 18.9 Å². The first-order valence-corrected chi connectivity index (χ1v) is 10.1. The van der Waals surface area contributed by atoms with Gasteiger partial charge in [-0.05, 0) is 49.4 Å². The van der Waals surface area contributed by atoms with E-state index in [9.17, 15) is 26.4 Å². The lowest BCUT2D eigenvalue weighted by Crippen LogP contribution is -2.35. The molecule has 0 aliphatic heterocycles. The fourth-order valence-electron chi connectivity index (χ4n) is 2.35. The third kappa shape index (κ3) is 5.84. The fourth-order valence-corrected chi connectivity index (χ4v) is 3.60. The van der Waals surface area contributed by atoms with Gasteiger partial charge in [0.05, 0.1) is 29.3 Å². The lowest BCUT2D eigenvalue weighted by Gasteiger charge is -2.18. The molecule has 0 aromatic heterocycles. The number of nitrogens with one attached hydrogen (secondary N) is 1. The number of halogens is 4. The maximum Gasteiger partial charge on any atom is 0.416 e. The fraction of sp³-hybridized carbons (Fsp3) is 0.278. The zero-order valence-corrected chi connectivity index (χ0v) is 17.0. The van der Waals surface area contributed by atoms with Crippen molar-refractivity contribution in [2.24, 2.45) is 0 Å². The molecule has 0 saturated carbocycles. The van der Waals surface area contributed by atoms with Crippen molar-refractivity contribution in [1.82, 2.24) is 4.31 Å². The van der Waals surface area contributed by atoms with Gasteiger partial charge in [-0.2, -0.15) is 17.5 Å². The molecule has 0 bridgehead atoms. The minimum atomic E-state index is -4.61. The molecule has 158 valence electrons. The summed E-state index contributed by atoms with van der Waals surface area (Å²) >= 11 is 5.74. The maximum atomic E-state index is 13.0. The van der Waals surface area contributed by atoms with Gasteiger partial charge in [-0.15, -0.1) is 0 Å². The lowest BCUT2D eigenvalue weighted by atomic mass is 10.1. The van der Waals surface area contributed by atoms with Crippen molar-refractivity contribution in [1.29, 1.82) is 0 Å². The van der Waals surface area contributed by atoms with E-state index in [1.54, 1.807) is 6.92 Å². The highest BCUT2D eigenvalue weighted by atomic mass is 35.5. The zero-order valence-electron chi connectivity index (χ0n) is 15.5. The topological polar surface area (TPSA) is 75.7 Å². The monoisotopic (exact) mass is 450 g/mol. The highest BCUT2D eigenvalue weighted by molar-refractivity contribution is 7.89. The minimum absolute atomic E-state index is 0.0389. The lowest BCUT2D eigenvalue weighted by molar-refractivity contribution is -0.137. The highest BCUT2D eigenvalue weighted by Crippen LogP contribution is 2.35. The summed E-state index contributed by atoms with van der Waals surface area (Å²) in [7, 11) is -2.81. The molecule has 0 spiro atoms. The highest BCUT2D eigenvalue weighted by Gasteiger charge is 2.31. The first kappa shape index (κ1) is 23.0. The molecule has 0 aliphatic rings. The van der Waals surface area contributed by atoms with Crippen LogP contribution in [0.5, 0.6) is 5.75 Å². The molecular weight excluding hydrogens is 433 g/mol. The summed E-state index contributed by atoms with van der Waals surface area (Å²) in [5.74, 6) is -0.789. The Kier molecular flexibility index (Phi) is 7.15. The number of alkyl halides is 3. The second-order valence-electron chi connectivity index (χ2n) is 5.90. The van der Waals surface area contributed by atoms with Crippen molar-refractivity contribution in [3.05, 3.63) is 53.1 Å². The molecule has 2 aromatic carbocycles. The number of hydrogen-bond donors (Lipinski definition) is 1. The molecule has 2 rings (SSSR count). The second kappa shape index (κ2) is 9.02. The Balaban J connectivity index is 2.20. The van der Waals surface area contributed by atoms with Crippen molar-refractivity contribution < 1.29 is 31.1 Å². The number of hydrogen-bond acceptors (Lipinski definition) is 4. The average molecular weight is 451 g/mol. The van der Waals surface area contributed by atoms with E-state index >= 15 is 0 Å². The molecule has 0 atom stereocenters. The van der Waals surface area contributed by atoms with Crippen LogP contribution >= 0.6 is 11.6 Å². The number of rotatable bonds is 7. The van der Waals surface area contributed by atoms with Crippen LogP contribution in [-0.4, -0.2) is 38.8 Å². The van der Waals surface area contributed by atoms with E-state index in [1.165, 1.54) is 31.3 Å². The Labute approximate surface area is 171 Å². The quantitative estimate of drug-likeness (QED) is 0.691. The number of carbonyl (C=O) groups is 1. The van der Waals surface area contributed by atoms with Crippen LogP contribution in [0, 0.1) is 0 Å². The molecule has 0 unspecified atom stereocenters. The Morgan fingerprint density at radius 1 is 1.17 bits per heavy atom. The van der Waals surface area contributed by atoms with Crippen LogP contribution in [0.3, 0.4) is 0 Å². The van der Waals surface area contributed by atoms with Crippen molar-refractivity contribution in [3.63, 3.8) is 0 Å². The van der Waals surface area contributed by atoms with Crippen LogP contribution < -0.4 is 10.1 Å². The predicted molar refractivity (Wildman–Crippen MR) is 103 cm³/mol. The summed E-state index contributed by atoms with van der Waals surface area (Å²) in [4.78, 5) is 12.2. The van der Waals surface area contributed by atoms with Gasteiger partial charge in [0.15, 0.2) is 0 Å². The standard InChI is InChI=1S/C18H18ClF3N2O4S/c1-3-28-16-9-4-12(18(20,21)22)10-15(16)23-17(25)11-24(2)29(26,27)14-7-5-13(19)6-8-14/h4-10H,3,11H2,1-2H3,(H,23,25). The van der Waals surface area contributed by atoms with Crippen LogP contribution in [0.15, 0.2) is 47.4 Å². The van der Waals surface area contributed by atoms with Crippen molar-refractivity contribution in [2.45, 2.75) is 18.0 Å². The van der Waals surface area contributed by atoms with Crippen LogP contribution in [0.25, 0.3) is 0 Å².